The lowest BCUT2D eigenvalue weighted by atomic mass is 10.1. The largest absolute Gasteiger partial charge is 0.457 e. The number of nitrogens with zero attached hydrogens (tertiary/aromatic N) is 2. The van der Waals surface area contributed by atoms with Gasteiger partial charge in [-0.2, -0.15) is 5.10 Å². The number of allylic oxidation sites excluding steroid dienone is 4. The fourth-order valence-corrected chi connectivity index (χ4v) is 10.0. The summed E-state index contributed by atoms with van der Waals surface area (Å²) in [6.45, 7) is 2.00. The molecule has 1 aliphatic rings. The van der Waals surface area contributed by atoms with Crippen LogP contribution >= 0.6 is 0 Å². The van der Waals surface area contributed by atoms with Gasteiger partial charge >= 0.3 is 0 Å². The van der Waals surface area contributed by atoms with Crippen molar-refractivity contribution in [3.05, 3.63) is 138 Å². The second-order valence-electron chi connectivity index (χ2n) is 9.56. The van der Waals surface area contributed by atoms with Gasteiger partial charge < -0.3 is 4.74 Å². The van der Waals surface area contributed by atoms with Gasteiger partial charge in [0.1, 0.15) is 11.5 Å². The lowest BCUT2D eigenvalue weighted by Gasteiger charge is -2.35. The SMILES string of the molecule is Cc1cc(-c2cccc(Oc3cccc([Si@@](C4=CCCC=C4)(c4ccccc4)c4ccccn4)c3)c2)n[nH]1. The fraction of sp³-hybridized carbons (Fsp3) is 0.0909. The molecule has 0 unspecified atom stereocenters. The first-order valence-corrected chi connectivity index (χ1v) is 15.0. The number of aryl methyl sites for hydroxylation is 1. The second-order valence-corrected chi connectivity index (χ2v) is 13.3. The third kappa shape index (κ3) is 4.53. The Labute approximate surface area is 224 Å². The van der Waals surface area contributed by atoms with Crippen molar-refractivity contribution in [3.8, 4) is 22.8 Å². The van der Waals surface area contributed by atoms with Crippen LogP contribution < -0.4 is 20.4 Å². The Morgan fingerprint density at radius 1 is 0.763 bits per heavy atom. The molecule has 0 fully saturated rings. The third-order valence-electron chi connectivity index (χ3n) is 7.02. The molecule has 1 N–H and O–H groups in total. The minimum absolute atomic E-state index is 0.780. The van der Waals surface area contributed by atoms with Crippen LogP contribution in [0.4, 0.5) is 0 Å². The van der Waals surface area contributed by atoms with E-state index in [2.05, 4.69) is 95.2 Å². The van der Waals surface area contributed by atoms with E-state index >= 15 is 0 Å². The molecule has 1 aliphatic carbocycles. The lowest BCUT2D eigenvalue weighted by Crippen LogP contribution is -2.69. The number of hydrogen-bond donors (Lipinski definition) is 1. The molecule has 2 aromatic heterocycles. The molecule has 3 aromatic carbocycles. The molecule has 2 heterocycles. The van der Waals surface area contributed by atoms with Gasteiger partial charge in [-0.15, -0.1) is 0 Å². The van der Waals surface area contributed by atoms with E-state index in [-0.39, 0.29) is 0 Å². The van der Waals surface area contributed by atoms with Gasteiger partial charge in [0.15, 0.2) is 0 Å². The molecule has 5 heteroatoms. The van der Waals surface area contributed by atoms with Gasteiger partial charge in [-0.1, -0.05) is 78.9 Å². The minimum Gasteiger partial charge on any atom is -0.457 e. The molecule has 0 amide bonds. The van der Waals surface area contributed by atoms with E-state index in [0.717, 1.165) is 46.6 Å². The summed E-state index contributed by atoms with van der Waals surface area (Å²) >= 11 is 0. The van der Waals surface area contributed by atoms with Gasteiger partial charge in [0.25, 0.3) is 0 Å². The lowest BCUT2D eigenvalue weighted by molar-refractivity contribution is 0.483. The highest BCUT2D eigenvalue weighted by Gasteiger charge is 2.44. The van der Waals surface area contributed by atoms with Crippen molar-refractivity contribution in [2.75, 3.05) is 0 Å². The first-order chi connectivity index (χ1) is 18.7. The number of aromatic amines is 1. The van der Waals surface area contributed by atoms with E-state index in [0.29, 0.717) is 0 Å². The highest BCUT2D eigenvalue weighted by atomic mass is 28.3. The van der Waals surface area contributed by atoms with E-state index in [9.17, 15) is 0 Å². The highest BCUT2D eigenvalue weighted by Crippen LogP contribution is 2.28. The molecule has 5 aromatic rings. The Kier molecular flexibility index (Phi) is 6.59. The van der Waals surface area contributed by atoms with Gasteiger partial charge in [-0.05, 0) is 77.8 Å². The van der Waals surface area contributed by atoms with Crippen LogP contribution in [0.5, 0.6) is 11.5 Å². The fourth-order valence-electron chi connectivity index (χ4n) is 5.32. The molecular formula is C33H29N3OSi. The molecule has 1 atom stereocenters. The topological polar surface area (TPSA) is 50.8 Å². The summed E-state index contributed by atoms with van der Waals surface area (Å²) < 4.78 is 6.47. The van der Waals surface area contributed by atoms with Crippen LogP contribution in [0.25, 0.3) is 11.3 Å². The summed E-state index contributed by atoms with van der Waals surface area (Å²) in [6.07, 6.45) is 11.0. The number of nitrogens with one attached hydrogen (secondary N) is 1. The van der Waals surface area contributed by atoms with Crippen LogP contribution in [0, 0.1) is 6.92 Å². The van der Waals surface area contributed by atoms with Gasteiger partial charge in [-0.3, -0.25) is 10.1 Å². The number of hydrogen-bond acceptors (Lipinski definition) is 3. The smallest absolute Gasteiger partial charge is 0.201 e. The standard InChI is InChI=1S/C33H29N3OSi/c1-25-22-32(36-35-25)26-12-10-13-27(23-26)37-28-14-11-19-31(24-28)38(29-15-4-2-5-16-29,30-17-6-3-7-18-30)33-20-8-9-21-34-33/h2,4-6,8-24H,3,7H2,1H3,(H,35,36)/t38-/m0/s1. The Morgan fingerprint density at radius 2 is 1.55 bits per heavy atom. The number of pyridine rings is 1. The van der Waals surface area contributed by atoms with Gasteiger partial charge in [0, 0.05) is 22.8 Å². The molecule has 4 nitrogen and oxygen atoms in total. The van der Waals surface area contributed by atoms with Crippen molar-refractivity contribution in [1.82, 2.24) is 15.2 Å². The molecule has 0 saturated heterocycles. The molecule has 6 rings (SSSR count). The number of ether oxygens (including phenoxy) is 1. The zero-order valence-electron chi connectivity index (χ0n) is 21.3. The maximum absolute atomic E-state index is 6.47. The Morgan fingerprint density at radius 3 is 2.29 bits per heavy atom. The second kappa shape index (κ2) is 10.5. The van der Waals surface area contributed by atoms with Crippen molar-refractivity contribution < 1.29 is 4.74 Å². The van der Waals surface area contributed by atoms with Crippen molar-refractivity contribution >= 4 is 23.8 Å². The Bertz CT molecular complexity index is 1570. The van der Waals surface area contributed by atoms with Crippen molar-refractivity contribution in [1.29, 1.82) is 0 Å². The first-order valence-electron chi connectivity index (χ1n) is 13.0. The quantitative estimate of drug-likeness (QED) is 0.279. The van der Waals surface area contributed by atoms with E-state index in [4.69, 9.17) is 9.72 Å². The monoisotopic (exact) mass is 511 g/mol. The number of aromatic nitrogens is 3. The number of rotatable bonds is 7. The molecule has 0 spiro atoms. The maximum Gasteiger partial charge on any atom is 0.201 e. The van der Waals surface area contributed by atoms with E-state index in [1.807, 2.05) is 49.5 Å². The summed E-state index contributed by atoms with van der Waals surface area (Å²) in [5.74, 6) is 1.59. The van der Waals surface area contributed by atoms with Crippen molar-refractivity contribution in [2.45, 2.75) is 19.8 Å². The maximum atomic E-state index is 6.47. The molecule has 186 valence electrons. The summed E-state index contributed by atoms with van der Waals surface area (Å²) in [7, 11) is -2.66. The average molecular weight is 512 g/mol. The molecular weight excluding hydrogens is 482 g/mol. The van der Waals surface area contributed by atoms with Gasteiger partial charge in [-0.25, -0.2) is 0 Å². The predicted molar refractivity (Wildman–Crippen MR) is 157 cm³/mol. The summed E-state index contributed by atoms with van der Waals surface area (Å²) in [5, 5.41) is 12.5. The normalized spacial score (nSPS) is 14.5. The summed E-state index contributed by atoms with van der Waals surface area (Å²) in [5.41, 5.74) is 2.95. The number of benzene rings is 3. The third-order valence-corrected chi connectivity index (χ3v) is 11.7. The van der Waals surface area contributed by atoms with Crippen LogP contribution in [0.15, 0.2) is 133 Å². The first kappa shape index (κ1) is 23.9. The Balaban J connectivity index is 1.48. The average Bonchev–Trinajstić information content (AvgIpc) is 3.42. The van der Waals surface area contributed by atoms with Gasteiger partial charge in [0.2, 0.25) is 8.07 Å². The molecule has 0 radical (unpaired) electrons. The molecule has 0 bridgehead atoms. The van der Waals surface area contributed by atoms with Crippen LogP contribution in [0.1, 0.15) is 18.5 Å². The predicted octanol–water partition coefficient (Wildman–Crippen LogP) is 5.86. The molecule has 0 saturated carbocycles. The van der Waals surface area contributed by atoms with E-state index in [1.54, 1.807) is 0 Å². The number of H-pyrrole nitrogens is 1. The van der Waals surface area contributed by atoms with Crippen LogP contribution in [-0.2, 0) is 0 Å². The van der Waals surface area contributed by atoms with Crippen molar-refractivity contribution in [3.63, 3.8) is 0 Å². The van der Waals surface area contributed by atoms with Gasteiger partial charge in [0.05, 0.1) is 5.69 Å². The van der Waals surface area contributed by atoms with E-state index < -0.39 is 8.07 Å². The zero-order chi connectivity index (χ0) is 25.8. The van der Waals surface area contributed by atoms with Crippen LogP contribution in [0.3, 0.4) is 0 Å². The molecule has 0 aliphatic heterocycles. The molecule has 38 heavy (non-hydrogen) atoms. The Hall–Kier alpha value is -4.48. The van der Waals surface area contributed by atoms with Crippen molar-refractivity contribution in [2.24, 2.45) is 0 Å². The summed E-state index contributed by atoms with van der Waals surface area (Å²) in [6, 6.07) is 35.9. The van der Waals surface area contributed by atoms with E-state index in [1.165, 1.54) is 15.6 Å². The zero-order valence-corrected chi connectivity index (χ0v) is 22.3. The summed E-state index contributed by atoms with van der Waals surface area (Å²) in [4.78, 5) is 4.98. The minimum atomic E-state index is -2.66. The highest BCUT2D eigenvalue weighted by molar-refractivity contribution is 7.16. The van der Waals surface area contributed by atoms with Crippen LogP contribution in [-0.4, -0.2) is 23.3 Å². The van der Waals surface area contributed by atoms with Crippen LogP contribution in [0.2, 0.25) is 0 Å².